The molecule has 0 radical (unpaired) electrons. The lowest BCUT2D eigenvalue weighted by atomic mass is 9.82. The summed E-state index contributed by atoms with van der Waals surface area (Å²) in [6, 6.07) is 3.45. The molecule has 0 amide bonds. The molecule has 1 aromatic rings. The van der Waals surface area contributed by atoms with Crippen LogP contribution in [0.5, 0.6) is 0 Å². The molecule has 4 N–H and O–H groups in total. The van der Waals surface area contributed by atoms with E-state index in [-0.39, 0.29) is 5.92 Å². The highest BCUT2D eigenvalue weighted by atomic mass is 16.3. The van der Waals surface area contributed by atoms with E-state index in [0.717, 1.165) is 25.7 Å². The van der Waals surface area contributed by atoms with Crippen LogP contribution in [0.15, 0.2) is 18.3 Å². The Hall–Kier alpha value is -1.13. The quantitative estimate of drug-likeness (QED) is 0.745. The van der Waals surface area contributed by atoms with E-state index in [2.05, 4.69) is 4.98 Å². The molecule has 1 aliphatic carbocycles. The maximum Gasteiger partial charge on any atom is 0.129 e. The van der Waals surface area contributed by atoms with Crippen molar-refractivity contribution in [2.75, 3.05) is 5.73 Å². The summed E-state index contributed by atoms with van der Waals surface area (Å²) in [5.74, 6) is 0.480. The first-order valence-electron chi connectivity index (χ1n) is 6.26. The van der Waals surface area contributed by atoms with Gasteiger partial charge in [0.15, 0.2) is 0 Å². The van der Waals surface area contributed by atoms with E-state index in [9.17, 15) is 10.2 Å². The Labute approximate surface area is 101 Å². The Morgan fingerprint density at radius 3 is 2.59 bits per heavy atom. The summed E-state index contributed by atoms with van der Waals surface area (Å²) in [7, 11) is 0. The van der Waals surface area contributed by atoms with Gasteiger partial charge in [0.2, 0.25) is 0 Å². The number of hydrogen-bond donors (Lipinski definition) is 3. The first kappa shape index (κ1) is 12.3. The van der Waals surface area contributed by atoms with Crippen LogP contribution in [0.2, 0.25) is 0 Å². The first-order valence-corrected chi connectivity index (χ1v) is 6.26. The molecule has 4 nitrogen and oxygen atoms in total. The zero-order valence-electron chi connectivity index (χ0n) is 9.92. The molecule has 0 saturated heterocycles. The number of rotatable bonds is 3. The minimum absolute atomic E-state index is 0.179. The molecule has 94 valence electrons. The molecule has 2 rings (SSSR count). The number of pyridine rings is 1. The summed E-state index contributed by atoms with van der Waals surface area (Å²) in [5.41, 5.74) is 6.24. The zero-order chi connectivity index (χ0) is 12.3. The fourth-order valence-corrected chi connectivity index (χ4v) is 2.60. The summed E-state index contributed by atoms with van der Waals surface area (Å²) in [6.45, 7) is 0. The van der Waals surface area contributed by atoms with Crippen molar-refractivity contribution in [3.05, 3.63) is 23.9 Å². The minimum atomic E-state index is -0.924. The van der Waals surface area contributed by atoms with Gasteiger partial charge in [-0.25, -0.2) is 4.98 Å². The number of nitrogens with two attached hydrogens (primary N) is 1. The van der Waals surface area contributed by atoms with Crippen LogP contribution in [0.1, 0.15) is 43.8 Å². The van der Waals surface area contributed by atoms with Gasteiger partial charge in [0, 0.05) is 11.8 Å². The van der Waals surface area contributed by atoms with Gasteiger partial charge in [-0.1, -0.05) is 25.3 Å². The Morgan fingerprint density at radius 1 is 1.24 bits per heavy atom. The lowest BCUT2D eigenvalue weighted by Gasteiger charge is -2.30. The van der Waals surface area contributed by atoms with Gasteiger partial charge in [0.1, 0.15) is 11.9 Å². The molecule has 0 aromatic carbocycles. The van der Waals surface area contributed by atoms with Crippen molar-refractivity contribution in [3.63, 3.8) is 0 Å². The predicted molar refractivity (Wildman–Crippen MR) is 66.2 cm³/mol. The average molecular weight is 236 g/mol. The van der Waals surface area contributed by atoms with E-state index in [0.29, 0.717) is 11.4 Å². The monoisotopic (exact) mass is 236 g/mol. The highest BCUT2D eigenvalue weighted by Gasteiger charge is 2.29. The molecule has 1 heterocycles. The fourth-order valence-electron chi connectivity index (χ4n) is 2.60. The van der Waals surface area contributed by atoms with Gasteiger partial charge >= 0.3 is 0 Å². The van der Waals surface area contributed by atoms with Crippen molar-refractivity contribution >= 4 is 5.82 Å². The first-order chi connectivity index (χ1) is 8.20. The molecule has 17 heavy (non-hydrogen) atoms. The molecular formula is C13H20N2O2. The molecule has 0 aliphatic heterocycles. The number of nitrogen functional groups attached to an aromatic ring is 1. The summed E-state index contributed by atoms with van der Waals surface area (Å²) in [6.07, 6.45) is 5.39. The van der Waals surface area contributed by atoms with Crippen molar-refractivity contribution < 1.29 is 10.2 Å². The van der Waals surface area contributed by atoms with E-state index in [1.54, 1.807) is 18.3 Å². The summed E-state index contributed by atoms with van der Waals surface area (Å²) in [4.78, 5) is 3.93. The largest absolute Gasteiger partial charge is 0.390 e. The number of nitrogens with zero attached hydrogens (tertiary/aromatic N) is 1. The average Bonchev–Trinajstić information content (AvgIpc) is 2.39. The van der Waals surface area contributed by atoms with Crippen LogP contribution >= 0.6 is 0 Å². The van der Waals surface area contributed by atoms with E-state index < -0.39 is 12.2 Å². The van der Waals surface area contributed by atoms with Crippen LogP contribution < -0.4 is 5.73 Å². The van der Waals surface area contributed by atoms with Gasteiger partial charge in [-0.15, -0.1) is 0 Å². The lowest BCUT2D eigenvalue weighted by molar-refractivity contribution is -0.0283. The maximum atomic E-state index is 10.2. The third-order valence-corrected chi connectivity index (χ3v) is 3.65. The Kier molecular flexibility index (Phi) is 3.97. The maximum absolute atomic E-state index is 10.2. The van der Waals surface area contributed by atoms with E-state index in [1.165, 1.54) is 6.42 Å². The summed E-state index contributed by atoms with van der Waals surface area (Å²) < 4.78 is 0. The van der Waals surface area contributed by atoms with E-state index >= 15 is 0 Å². The highest BCUT2D eigenvalue weighted by molar-refractivity contribution is 5.40. The second-order valence-electron chi connectivity index (χ2n) is 4.81. The highest BCUT2D eigenvalue weighted by Crippen LogP contribution is 2.33. The van der Waals surface area contributed by atoms with Crippen LogP contribution in [-0.2, 0) is 0 Å². The lowest BCUT2D eigenvalue weighted by Crippen LogP contribution is -2.29. The van der Waals surface area contributed by atoms with Crippen LogP contribution in [0.4, 0.5) is 5.82 Å². The third kappa shape index (κ3) is 2.76. The van der Waals surface area contributed by atoms with Gasteiger partial charge in [0.05, 0.1) is 6.10 Å². The van der Waals surface area contributed by atoms with Crippen molar-refractivity contribution in [2.45, 2.75) is 44.3 Å². The van der Waals surface area contributed by atoms with Crippen LogP contribution in [0.25, 0.3) is 0 Å². The van der Waals surface area contributed by atoms with E-state index in [4.69, 9.17) is 5.73 Å². The molecule has 1 aliphatic rings. The molecule has 0 spiro atoms. The number of aliphatic hydroxyl groups is 2. The van der Waals surface area contributed by atoms with Crippen molar-refractivity contribution in [2.24, 2.45) is 5.92 Å². The molecule has 1 saturated carbocycles. The van der Waals surface area contributed by atoms with Crippen molar-refractivity contribution in [1.82, 2.24) is 4.98 Å². The summed E-state index contributed by atoms with van der Waals surface area (Å²) >= 11 is 0. The van der Waals surface area contributed by atoms with Gasteiger partial charge in [-0.2, -0.15) is 0 Å². The zero-order valence-corrected chi connectivity index (χ0v) is 9.92. The Bertz CT molecular complexity index is 364. The standard InChI is InChI=1S/C13H20N2O2/c14-13-10(7-4-8-15-13)12(17)11(16)9-5-2-1-3-6-9/h4,7-9,11-12,16-17H,1-3,5-6H2,(H2,14,15). The Morgan fingerprint density at radius 2 is 1.94 bits per heavy atom. The van der Waals surface area contributed by atoms with Gasteiger partial charge < -0.3 is 15.9 Å². The van der Waals surface area contributed by atoms with Crippen LogP contribution in [0.3, 0.4) is 0 Å². The number of aliphatic hydroxyl groups excluding tert-OH is 2. The normalized spacial score (nSPS) is 21.1. The number of aromatic nitrogens is 1. The smallest absolute Gasteiger partial charge is 0.129 e. The molecule has 0 bridgehead atoms. The van der Waals surface area contributed by atoms with Crippen molar-refractivity contribution in [3.8, 4) is 0 Å². The number of hydrogen-bond acceptors (Lipinski definition) is 4. The third-order valence-electron chi connectivity index (χ3n) is 3.65. The Balaban J connectivity index is 2.08. The second kappa shape index (κ2) is 5.47. The van der Waals surface area contributed by atoms with Crippen LogP contribution in [-0.4, -0.2) is 21.3 Å². The van der Waals surface area contributed by atoms with Crippen molar-refractivity contribution in [1.29, 1.82) is 0 Å². The van der Waals surface area contributed by atoms with Gasteiger partial charge in [-0.05, 0) is 24.8 Å². The molecule has 1 aromatic heterocycles. The SMILES string of the molecule is Nc1ncccc1C(O)C(O)C1CCCCC1. The van der Waals surface area contributed by atoms with Gasteiger partial charge in [-0.3, -0.25) is 0 Å². The molecule has 1 fully saturated rings. The minimum Gasteiger partial charge on any atom is -0.390 e. The van der Waals surface area contributed by atoms with E-state index in [1.807, 2.05) is 0 Å². The molecule has 4 heteroatoms. The summed E-state index contributed by atoms with van der Waals surface area (Å²) in [5, 5.41) is 20.3. The second-order valence-corrected chi connectivity index (χ2v) is 4.81. The topological polar surface area (TPSA) is 79.4 Å². The predicted octanol–water partition coefficient (Wildman–Crippen LogP) is 1.64. The molecule has 2 unspecified atom stereocenters. The fraction of sp³-hybridized carbons (Fsp3) is 0.615. The molecule has 2 atom stereocenters. The van der Waals surface area contributed by atoms with Gasteiger partial charge in [0.25, 0.3) is 0 Å². The van der Waals surface area contributed by atoms with Crippen LogP contribution in [0, 0.1) is 5.92 Å². The number of anilines is 1. The molecular weight excluding hydrogens is 216 g/mol.